The number of alkyl halides is 1. The van der Waals surface area contributed by atoms with Crippen molar-refractivity contribution in [1.29, 1.82) is 0 Å². The summed E-state index contributed by atoms with van der Waals surface area (Å²) < 4.78 is 2.98. The number of aromatic amines is 1. The second-order valence-electron chi connectivity index (χ2n) is 4.96. The normalized spacial score (nSPS) is 11.4. The van der Waals surface area contributed by atoms with Gasteiger partial charge >= 0.3 is 0 Å². The summed E-state index contributed by atoms with van der Waals surface area (Å²) in [7, 11) is 2.02. The van der Waals surface area contributed by atoms with Crippen LogP contribution >= 0.6 is 22.9 Å². The molecule has 0 amide bonds. The van der Waals surface area contributed by atoms with Gasteiger partial charge < -0.3 is 4.90 Å². The van der Waals surface area contributed by atoms with Gasteiger partial charge in [0.1, 0.15) is 0 Å². The van der Waals surface area contributed by atoms with Crippen molar-refractivity contribution in [3.05, 3.63) is 42.5 Å². The Hall–Kier alpha value is -2.18. The number of fused-ring (bicyclic) bond motifs is 2. The van der Waals surface area contributed by atoms with Gasteiger partial charge in [0.15, 0.2) is 11.1 Å². The average Bonchev–Trinajstić information content (AvgIpc) is 3.17. The summed E-state index contributed by atoms with van der Waals surface area (Å²) in [5.74, 6) is 0. The number of nitrogens with zero attached hydrogens (tertiary/aromatic N) is 4. The minimum atomic E-state index is 0.338. The number of hydrogen-bond donors (Lipinski definition) is 1. The minimum absolute atomic E-state index is 0.338. The minimum Gasteiger partial charge on any atom is -0.321 e. The summed E-state index contributed by atoms with van der Waals surface area (Å²) in [6, 6.07) is 14.6. The highest BCUT2D eigenvalue weighted by molar-refractivity contribution is 7.22. The molecule has 2 aromatic carbocycles. The second kappa shape index (κ2) is 5.23. The Labute approximate surface area is 135 Å². The summed E-state index contributed by atoms with van der Waals surface area (Å²) in [5.41, 5.74) is 3.93. The number of thiazole rings is 1. The standard InChI is InChI=1S/C15H12ClN5S/c1-20(15-17-12-4-2-3-5-14(12)22-15)10-6-7-11-13(8-10)21(9-16)19-18-11/h2-8H,9H2,1H3/p+1. The number of halogens is 1. The molecule has 0 saturated carbocycles. The lowest BCUT2D eigenvalue weighted by Crippen LogP contribution is -2.33. The summed E-state index contributed by atoms with van der Waals surface area (Å²) >= 11 is 7.59. The fraction of sp³-hybridized carbons (Fsp3) is 0.133. The Kier molecular flexibility index (Phi) is 3.20. The number of rotatable bonds is 3. The monoisotopic (exact) mass is 330 g/mol. The molecule has 2 aromatic heterocycles. The molecule has 22 heavy (non-hydrogen) atoms. The molecule has 2 heterocycles. The van der Waals surface area contributed by atoms with Gasteiger partial charge in [0.05, 0.1) is 10.2 Å². The predicted octanol–water partition coefficient (Wildman–Crippen LogP) is 3.42. The van der Waals surface area contributed by atoms with Crippen LogP contribution in [0.25, 0.3) is 21.3 Å². The topological polar surface area (TPSA) is 48.7 Å². The van der Waals surface area contributed by atoms with Crippen LogP contribution in [0.1, 0.15) is 0 Å². The molecule has 0 unspecified atom stereocenters. The van der Waals surface area contributed by atoms with E-state index in [9.17, 15) is 0 Å². The maximum absolute atomic E-state index is 5.92. The average molecular weight is 331 g/mol. The van der Waals surface area contributed by atoms with Gasteiger partial charge in [0.25, 0.3) is 0 Å². The predicted molar refractivity (Wildman–Crippen MR) is 89.8 cm³/mol. The van der Waals surface area contributed by atoms with Crippen LogP contribution in [0.3, 0.4) is 0 Å². The lowest BCUT2D eigenvalue weighted by Gasteiger charge is -2.14. The van der Waals surface area contributed by atoms with Crippen molar-refractivity contribution in [3.8, 4) is 0 Å². The van der Waals surface area contributed by atoms with Gasteiger partial charge in [-0.2, -0.15) is 0 Å². The molecule has 7 heteroatoms. The summed E-state index contributed by atoms with van der Waals surface area (Å²) in [6.45, 7) is 0. The first-order chi connectivity index (χ1) is 10.8. The van der Waals surface area contributed by atoms with E-state index in [2.05, 4.69) is 32.3 Å². The summed E-state index contributed by atoms with van der Waals surface area (Å²) in [4.78, 5) is 6.77. The third-order valence-electron chi connectivity index (χ3n) is 3.62. The van der Waals surface area contributed by atoms with Crippen molar-refractivity contribution in [2.45, 2.75) is 6.00 Å². The third-order valence-corrected chi connectivity index (χ3v) is 4.97. The molecule has 0 aliphatic carbocycles. The van der Waals surface area contributed by atoms with Crippen LogP contribution in [0.4, 0.5) is 10.8 Å². The molecule has 0 spiro atoms. The summed E-state index contributed by atoms with van der Waals surface area (Å²) in [6.07, 6.45) is 0. The van der Waals surface area contributed by atoms with E-state index in [0.717, 1.165) is 27.4 Å². The van der Waals surface area contributed by atoms with Crippen molar-refractivity contribution in [2.24, 2.45) is 0 Å². The maximum Gasteiger partial charge on any atom is 0.249 e. The SMILES string of the molecule is CN(c1ccc2n[nH][n+](CCl)c2c1)c1nc2ccccc2s1. The first-order valence-electron chi connectivity index (χ1n) is 6.79. The maximum atomic E-state index is 5.92. The largest absolute Gasteiger partial charge is 0.321 e. The quantitative estimate of drug-likeness (QED) is 0.462. The van der Waals surface area contributed by atoms with Crippen LogP contribution in [0.2, 0.25) is 0 Å². The van der Waals surface area contributed by atoms with Crippen LogP contribution in [0, 0.1) is 0 Å². The summed E-state index contributed by atoms with van der Waals surface area (Å²) in [5, 5.41) is 8.07. The highest BCUT2D eigenvalue weighted by Gasteiger charge is 2.16. The van der Waals surface area contributed by atoms with Crippen molar-refractivity contribution in [2.75, 3.05) is 11.9 Å². The zero-order valence-electron chi connectivity index (χ0n) is 11.8. The highest BCUT2D eigenvalue weighted by atomic mass is 35.5. The smallest absolute Gasteiger partial charge is 0.249 e. The first-order valence-corrected chi connectivity index (χ1v) is 8.14. The Morgan fingerprint density at radius 2 is 2.09 bits per heavy atom. The van der Waals surface area contributed by atoms with Gasteiger partial charge in [0.2, 0.25) is 11.0 Å². The van der Waals surface area contributed by atoms with Crippen molar-refractivity contribution in [1.82, 2.24) is 15.3 Å². The molecule has 4 aromatic rings. The number of benzene rings is 2. The van der Waals surface area contributed by atoms with E-state index in [1.165, 1.54) is 4.70 Å². The number of aromatic nitrogens is 4. The van der Waals surface area contributed by atoms with E-state index in [4.69, 9.17) is 11.6 Å². The van der Waals surface area contributed by atoms with Gasteiger partial charge in [-0.25, -0.2) is 4.98 Å². The third kappa shape index (κ3) is 2.12. The number of para-hydroxylation sites is 1. The van der Waals surface area contributed by atoms with E-state index in [0.29, 0.717) is 6.00 Å². The van der Waals surface area contributed by atoms with Crippen LogP contribution < -0.4 is 9.58 Å². The van der Waals surface area contributed by atoms with Gasteiger partial charge in [-0.05, 0) is 24.3 Å². The molecule has 0 bridgehead atoms. The zero-order valence-corrected chi connectivity index (χ0v) is 13.4. The molecule has 0 fully saturated rings. The molecule has 4 rings (SSSR count). The molecule has 0 aliphatic heterocycles. The Bertz CT molecular complexity index is 928. The lowest BCUT2D eigenvalue weighted by molar-refractivity contribution is -0.713. The zero-order chi connectivity index (χ0) is 15.1. The van der Waals surface area contributed by atoms with E-state index in [1.807, 2.05) is 37.4 Å². The van der Waals surface area contributed by atoms with Crippen LogP contribution in [-0.4, -0.2) is 22.3 Å². The molecule has 5 nitrogen and oxygen atoms in total. The second-order valence-corrected chi connectivity index (χ2v) is 6.20. The van der Waals surface area contributed by atoms with Gasteiger partial charge in [-0.1, -0.05) is 40.3 Å². The molecular formula is C15H13ClN5S+. The fourth-order valence-corrected chi connectivity index (χ4v) is 3.53. The van der Waals surface area contributed by atoms with Crippen LogP contribution in [-0.2, 0) is 6.00 Å². The van der Waals surface area contributed by atoms with Gasteiger partial charge in [-0.3, -0.25) is 0 Å². The number of anilines is 2. The van der Waals surface area contributed by atoms with Gasteiger partial charge in [0, 0.05) is 23.9 Å². The Morgan fingerprint density at radius 1 is 1.23 bits per heavy atom. The highest BCUT2D eigenvalue weighted by Crippen LogP contribution is 2.32. The number of nitrogens with one attached hydrogen (secondary N) is 1. The first kappa shape index (κ1) is 13.5. The number of hydrogen-bond acceptors (Lipinski definition) is 4. The van der Waals surface area contributed by atoms with Crippen molar-refractivity contribution >= 4 is 55.0 Å². The fourth-order valence-electron chi connectivity index (χ4n) is 2.40. The molecule has 0 atom stereocenters. The Balaban J connectivity index is 1.79. The van der Waals surface area contributed by atoms with E-state index < -0.39 is 0 Å². The molecule has 0 aliphatic rings. The van der Waals surface area contributed by atoms with E-state index in [-0.39, 0.29) is 0 Å². The Morgan fingerprint density at radius 3 is 2.91 bits per heavy atom. The van der Waals surface area contributed by atoms with Crippen molar-refractivity contribution < 1.29 is 4.68 Å². The molecule has 0 saturated heterocycles. The van der Waals surface area contributed by atoms with Gasteiger partial charge in [-0.15, -0.1) is 4.68 Å². The van der Waals surface area contributed by atoms with E-state index in [1.54, 1.807) is 16.0 Å². The molecule has 1 N–H and O–H groups in total. The lowest BCUT2D eigenvalue weighted by atomic mass is 10.2. The van der Waals surface area contributed by atoms with Crippen LogP contribution in [0.15, 0.2) is 42.5 Å². The number of H-pyrrole nitrogens is 1. The molecule has 110 valence electrons. The van der Waals surface area contributed by atoms with Crippen LogP contribution in [0.5, 0.6) is 0 Å². The molecular weight excluding hydrogens is 318 g/mol. The van der Waals surface area contributed by atoms with E-state index >= 15 is 0 Å². The molecule has 0 radical (unpaired) electrons. The van der Waals surface area contributed by atoms with Crippen molar-refractivity contribution in [3.63, 3.8) is 0 Å².